The molecule has 3 N–H and O–H groups in total. The molecule has 36 heavy (non-hydrogen) atoms. The molecule has 0 fully saturated rings. The smallest absolute Gasteiger partial charge is 0.255 e. The number of hydrogen-bond acceptors (Lipinski definition) is 6. The maximum Gasteiger partial charge on any atom is 0.255 e. The number of aromatic nitrogens is 3. The van der Waals surface area contributed by atoms with E-state index in [4.69, 9.17) is 16.7 Å². The second kappa shape index (κ2) is 10.1. The number of allylic oxidation sites excluding steroid dienone is 1. The van der Waals surface area contributed by atoms with Crippen LogP contribution in [-0.4, -0.2) is 25.8 Å². The first-order chi connectivity index (χ1) is 17.4. The number of aromatic hydroxyl groups is 1. The molecule has 0 spiro atoms. The summed E-state index contributed by atoms with van der Waals surface area (Å²) in [4.78, 5) is 18.3. The number of benzene rings is 3. The van der Waals surface area contributed by atoms with Crippen LogP contribution in [0.4, 0.5) is 11.6 Å². The van der Waals surface area contributed by atoms with Crippen molar-refractivity contribution in [2.24, 2.45) is 0 Å². The Morgan fingerprint density at radius 1 is 1.11 bits per heavy atom. The summed E-state index contributed by atoms with van der Waals surface area (Å²) < 4.78 is 1.70. The molecule has 182 valence electrons. The molecule has 0 radical (unpaired) electrons. The minimum atomic E-state index is -0.584. The molecule has 4 aromatic rings. The number of phenols is 1. The van der Waals surface area contributed by atoms with Crippen molar-refractivity contribution < 1.29 is 9.90 Å². The van der Waals surface area contributed by atoms with Gasteiger partial charge in [0.1, 0.15) is 11.8 Å². The van der Waals surface area contributed by atoms with Crippen LogP contribution in [0, 0.1) is 6.92 Å². The summed E-state index contributed by atoms with van der Waals surface area (Å²) in [5.41, 5.74) is 4.56. The van der Waals surface area contributed by atoms with E-state index in [9.17, 15) is 9.90 Å². The zero-order valence-electron chi connectivity index (χ0n) is 19.7. The van der Waals surface area contributed by atoms with Crippen LogP contribution in [0.25, 0.3) is 0 Å². The van der Waals surface area contributed by atoms with E-state index in [-0.39, 0.29) is 11.7 Å². The Hall–Kier alpha value is -3.75. The van der Waals surface area contributed by atoms with Gasteiger partial charge in [-0.25, -0.2) is 4.68 Å². The van der Waals surface area contributed by atoms with Crippen LogP contribution in [0.3, 0.4) is 0 Å². The van der Waals surface area contributed by atoms with Crippen LogP contribution >= 0.6 is 23.4 Å². The molecule has 7 nitrogen and oxygen atoms in total. The van der Waals surface area contributed by atoms with Crippen molar-refractivity contribution in [2.75, 3.05) is 10.6 Å². The first kappa shape index (κ1) is 24.0. The fourth-order valence-electron chi connectivity index (χ4n) is 4.15. The highest BCUT2D eigenvalue weighted by atomic mass is 35.5. The van der Waals surface area contributed by atoms with Crippen molar-refractivity contribution in [2.45, 2.75) is 30.8 Å². The number of carbonyl (C=O) groups is 1. The van der Waals surface area contributed by atoms with Crippen molar-refractivity contribution in [3.63, 3.8) is 0 Å². The zero-order valence-corrected chi connectivity index (χ0v) is 21.3. The molecule has 1 atom stereocenters. The first-order valence-electron chi connectivity index (χ1n) is 11.4. The topological polar surface area (TPSA) is 92.1 Å². The Morgan fingerprint density at radius 2 is 1.89 bits per heavy atom. The van der Waals surface area contributed by atoms with Crippen LogP contribution < -0.4 is 10.6 Å². The Balaban J connectivity index is 1.51. The largest absolute Gasteiger partial charge is 0.508 e. The van der Waals surface area contributed by atoms with Crippen molar-refractivity contribution in [3.8, 4) is 5.75 Å². The van der Waals surface area contributed by atoms with E-state index in [0.29, 0.717) is 33.2 Å². The molecule has 2 heterocycles. The number of nitrogens with zero attached hydrogens (tertiary/aromatic N) is 3. The monoisotopic (exact) mass is 517 g/mol. The molecular weight excluding hydrogens is 494 g/mol. The number of aryl methyl sites for hydroxylation is 1. The highest BCUT2D eigenvalue weighted by Crippen LogP contribution is 2.38. The summed E-state index contributed by atoms with van der Waals surface area (Å²) in [5, 5.41) is 22.5. The average molecular weight is 518 g/mol. The van der Waals surface area contributed by atoms with Gasteiger partial charge in [-0.05, 0) is 54.8 Å². The number of anilines is 2. The summed E-state index contributed by atoms with van der Waals surface area (Å²) in [6.45, 7) is 3.79. The second-order valence-electron chi connectivity index (χ2n) is 8.47. The molecule has 1 unspecified atom stereocenters. The number of carbonyl (C=O) groups excluding carboxylic acids is 1. The number of para-hydroxylation sites is 1. The summed E-state index contributed by atoms with van der Waals surface area (Å²) >= 11 is 7.77. The quantitative estimate of drug-likeness (QED) is 0.265. The summed E-state index contributed by atoms with van der Waals surface area (Å²) in [7, 11) is 0. The second-order valence-corrected chi connectivity index (χ2v) is 9.82. The summed E-state index contributed by atoms with van der Waals surface area (Å²) in [5.74, 6) is 0.980. The minimum Gasteiger partial charge on any atom is -0.508 e. The fraction of sp³-hybridized carbons (Fsp3) is 0.148. The molecule has 0 saturated heterocycles. The van der Waals surface area contributed by atoms with E-state index in [1.807, 2.05) is 68.4 Å². The zero-order chi connectivity index (χ0) is 25.2. The molecular formula is C27H24ClN5O2S. The van der Waals surface area contributed by atoms with Crippen LogP contribution in [0.2, 0.25) is 5.02 Å². The van der Waals surface area contributed by atoms with Gasteiger partial charge in [-0.3, -0.25) is 4.79 Å². The SMILES string of the molecule is CC1=C(C(=O)Nc2ccccc2C)C(c2cccc(O)c2)n2nc(SCc3ccccc3Cl)nc2N1. The molecule has 5 rings (SSSR count). The number of amides is 1. The van der Waals surface area contributed by atoms with Crippen LogP contribution in [-0.2, 0) is 10.5 Å². The van der Waals surface area contributed by atoms with Crippen molar-refractivity contribution >= 4 is 40.9 Å². The number of phenolic OH excluding ortho intramolecular Hbond substituents is 1. The third kappa shape index (κ3) is 4.82. The van der Waals surface area contributed by atoms with E-state index < -0.39 is 6.04 Å². The molecule has 0 saturated carbocycles. The number of fused-ring (bicyclic) bond motifs is 1. The van der Waals surface area contributed by atoms with E-state index >= 15 is 0 Å². The fourth-order valence-corrected chi connectivity index (χ4v) is 5.27. The predicted molar refractivity (Wildman–Crippen MR) is 143 cm³/mol. The number of hydrogen-bond donors (Lipinski definition) is 3. The summed E-state index contributed by atoms with van der Waals surface area (Å²) in [6.07, 6.45) is 0. The Bertz CT molecular complexity index is 1480. The molecule has 1 aliphatic heterocycles. The van der Waals surface area contributed by atoms with Crippen LogP contribution in [0.1, 0.15) is 29.7 Å². The third-order valence-electron chi connectivity index (χ3n) is 5.97. The minimum absolute atomic E-state index is 0.109. The maximum atomic E-state index is 13.6. The van der Waals surface area contributed by atoms with Gasteiger partial charge in [0.05, 0.1) is 5.57 Å². The number of rotatable bonds is 6. The molecule has 1 aliphatic rings. The van der Waals surface area contributed by atoms with Gasteiger partial charge in [-0.15, -0.1) is 5.10 Å². The lowest BCUT2D eigenvalue weighted by atomic mass is 9.94. The van der Waals surface area contributed by atoms with E-state index in [2.05, 4.69) is 15.6 Å². The number of halogens is 1. The lowest BCUT2D eigenvalue weighted by molar-refractivity contribution is -0.113. The van der Waals surface area contributed by atoms with E-state index in [1.165, 1.54) is 11.8 Å². The van der Waals surface area contributed by atoms with E-state index in [1.54, 1.807) is 22.9 Å². The Labute approximate surface area is 218 Å². The highest BCUT2D eigenvalue weighted by Gasteiger charge is 2.34. The summed E-state index contributed by atoms with van der Waals surface area (Å²) in [6, 6.07) is 21.6. The molecule has 0 bridgehead atoms. The van der Waals surface area contributed by atoms with Gasteiger partial charge in [0.15, 0.2) is 0 Å². The molecule has 1 amide bonds. The van der Waals surface area contributed by atoms with Gasteiger partial charge >= 0.3 is 0 Å². The Kier molecular flexibility index (Phi) is 6.71. The molecule has 3 aromatic carbocycles. The van der Waals surface area contributed by atoms with Crippen molar-refractivity contribution in [1.82, 2.24) is 14.8 Å². The first-order valence-corrected chi connectivity index (χ1v) is 12.7. The molecule has 1 aromatic heterocycles. The van der Waals surface area contributed by atoms with Gasteiger partial charge in [-0.2, -0.15) is 4.98 Å². The van der Waals surface area contributed by atoms with Crippen molar-refractivity contribution in [3.05, 3.63) is 106 Å². The molecule has 9 heteroatoms. The van der Waals surface area contributed by atoms with Gasteiger partial charge in [0.25, 0.3) is 5.91 Å². The van der Waals surface area contributed by atoms with Crippen LogP contribution in [0.5, 0.6) is 5.75 Å². The normalized spacial score (nSPS) is 14.8. The lowest BCUT2D eigenvalue weighted by Crippen LogP contribution is -2.31. The highest BCUT2D eigenvalue weighted by molar-refractivity contribution is 7.98. The maximum absolute atomic E-state index is 13.6. The van der Waals surface area contributed by atoms with Gasteiger partial charge in [-0.1, -0.05) is 71.9 Å². The number of thioether (sulfide) groups is 1. The Morgan fingerprint density at radius 3 is 2.67 bits per heavy atom. The standard InChI is InChI=1S/C27H24ClN5O2S/c1-16-8-3-6-13-22(16)30-25(35)23-17(2)29-26-31-27(36-15-19-9-4-5-12-21(19)28)32-33(26)24(23)18-10-7-11-20(34)14-18/h3-14,24,34H,15H2,1-2H3,(H,30,35)(H,29,31,32). The van der Waals surface area contributed by atoms with Crippen molar-refractivity contribution in [1.29, 1.82) is 0 Å². The number of nitrogens with one attached hydrogen (secondary N) is 2. The predicted octanol–water partition coefficient (Wildman–Crippen LogP) is 6.17. The average Bonchev–Trinajstić information content (AvgIpc) is 3.26. The van der Waals surface area contributed by atoms with E-state index in [0.717, 1.165) is 22.4 Å². The van der Waals surface area contributed by atoms with Gasteiger partial charge in [0.2, 0.25) is 11.1 Å². The van der Waals surface area contributed by atoms with Gasteiger partial charge < -0.3 is 15.7 Å². The lowest BCUT2D eigenvalue weighted by Gasteiger charge is -2.28. The van der Waals surface area contributed by atoms with Crippen LogP contribution in [0.15, 0.2) is 89.2 Å². The van der Waals surface area contributed by atoms with Gasteiger partial charge in [0, 0.05) is 22.2 Å². The third-order valence-corrected chi connectivity index (χ3v) is 7.23. The molecule has 0 aliphatic carbocycles.